The molecule has 1 aliphatic heterocycles. The second kappa shape index (κ2) is 5.38. The molecule has 0 aromatic heterocycles. The second-order valence-electron chi connectivity index (χ2n) is 6.11. The molecule has 0 bridgehead atoms. The van der Waals surface area contributed by atoms with Gasteiger partial charge in [0.05, 0.1) is 0 Å². The summed E-state index contributed by atoms with van der Waals surface area (Å²) in [6.07, 6.45) is 6.53. The lowest BCUT2D eigenvalue weighted by Crippen LogP contribution is -2.44. The maximum atomic E-state index is 12.5. The van der Waals surface area contributed by atoms with Crippen LogP contribution in [0.5, 0.6) is 0 Å². The van der Waals surface area contributed by atoms with Crippen LogP contribution in [-0.2, 0) is 4.79 Å². The molecule has 17 heavy (non-hydrogen) atoms. The van der Waals surface area contributed by atoms with Gasteiger partial charge in [0.15, 0.2) is 0 Å². The first-order valence-electron chi connectivity index (χ1n) is 7.15. The molecule has 3 unspecified atom stereocenters. The summed E-state index contributed by atoms with van der Waals surface area (Å²) in [7, 11) is 0. The number of hydrogen-bond acceptors (Lipinski definition) is 2. The van der Waals surface area contributed by atoms with Crippen LogP contribution in [0.4, 0.5) is 0 Å². The van der Waals surface area contributed by atoms with Crippen molar-refractivity contribution in [1.29, 1.82) is 0 Å². The quantitative estimate of drug-likeness (QED) is 0.801. The summed E-state index contributed by atoms with van der Waals surface area (Å²) in [5, 5.41) is 0. The number of carbonyl (C=O) groups excluding carboxylic acids is 1. The molecule has 1 heterocycles. The molecular weight excluding hydrogens is 212 g/mol. The van der Waals surface area contributed by atoms with E-state index in [9.17, 15) is 4.79 Å². The summed E-state index contributed by atoms with van der Waals surface area (Å²) < 4.78 is 0. The molecule has 0 radical (unpaired) electrons. The standard InChI is InChI=1S/C14H26N2O/c1-10(2)13-7-4-8-16(13)14(17)11-5-3-6-12(15)9-11/h10-13H,3-9,15H2,1-2H3. The van der Waals surface area contributed by atoms with Crippen molar-refractivity contribution >= 4 is 5.91 Å². The van der Waals surface area contributed by atoms with Crippen molar-refractivity contribution in [3.63, 3.8) is 0 Å². The largest absolute Gasteiger partial charge is 0.339 e. The van der Waals surface area contributed by atoms with E-state index in [1.165, 1.54) is 12.8 Å². The molecule has 1 saturated carbocycles. The SMILES string of the molecule is CC(C)C1CCCN1C(=O)C1CCCC(N)C1. The van der Waals surface area contributed by atoms with E-state index in [1.807, 2.05) is 0 Å². The summed E-state index contributed by atoms with van der Waals surface area (Å²) in [5.41, 5.74) is 5.99. The van der Waals surface area contributed by atoms with Gasteiger partial charge in [0.2, 0.25) is 5.91 Å². The zero-order chi connectivity index (χ0) is 12.4. The molecule has 1 aliphatic carbocycles. The minimum atomic E-state index is 0.207. The van der Waals surface area contributed by atoms with Gasteiger partial charge >= 0.3 is 0 Å². The van der Waals surface area contributed by atoms with E-state index >= 15 is 0 Å². The predicted molar refractivity (Wildman–Crippen MR) is 69.5 cm³/mol. The van der Waals surface area contributed by atoms with Crippen molar-refractivity contribution in [2.75, 3.05) is 6.54 Å². The number of carbonyl (C=O) groups is 1. The molecule has 3 heteroatoms. The zero-order valence-electron chi connectivity index (χ0n) is 11.2. The van der Waals surface area contributed by atoms with Crippen LogP contribution in [0.15, 0.2) is 0 Å². The van der Waals surface area contributed by atoms with Gasteiger partial charge in [-0.1, -0.05) is 20.3 Å². The van der Waals surface area contributed by atoms with Crippen molar-refractivity contribution in [2.24, 2.45) is 17.6 Å². The van der Waals surface area contributed by atoms with Crippen LogP contribution >= 0.6 is 0 Å². The van der Waals surface area contributed by atoms with Crippen molar-refractivity contribution in [1.82, 2.24) is 4.90 Å². The van der Waals surface area contributed by atoms with Gasteiger partial charge in [-0.2, -0.15) is 0 Å². The van der Waals surface area contributed by atoms with Gasteiger partial charge in [-0.25, -0.2) is 0 Å². The summed E-state index contributed by atoms with van der Waals surface area (Å²) in [6.45, 7) is 5.42. The van der Waals surface area contributed by atoms with Crippen LogP contribution in [0.2, 0.25) is 0 Å². The highest BCUT2D eigenvalue weighted by Crippen LogP contribution is 2.30. The summed E-state index contributed by atoms with van der Waals surface area (Å²) >= 11 is 0. The zero-order valence-corrected chi connectivity index (χ0v) is 11.2. The van der Waals surface area contributed by atoms with Gasteiger partial charge in [0.25, 0.3) is 0 Å². The Balaban J connectivity index is 1.98. The average Bonchev–Trinajstić information content (AvgIpc) is 2.77. The molecule has 3 nitrogen and oxygen atoms in total. The van der Waals surface area contributed by atoms with Gasteiger partial charge < -0.3 is 10.6 Å². The Hall–Kier alpha value is -0.570. The highest BCUT2D eigenvalue weighted by molar-refractivity contribution is 5.79. The maximum absolute atomic E-state index is 12.5. The minimum Gasteiger partial charge on any atom is -0.339 e. The fourth-order valence-electron chi connectivity index (χ4n) is 3.45. The maximum Gasteiger partial charge on any atom is 0.225 e. The average molecular weight is 238 g/mol. The predicted octanol–water partition coefficient (Wildman–Crippen LogP) is 2.15. The van der Waals surface area contributed by atoms with E-state index in [1.54, 1.807) is 0 Å². The highest BCUT2D eigenvalue weighted by Gasteiger charge is 2.35. The van der Waals surface area contributed by atoms with Gasteiger partial charge in [0.1, 0.15) is 0 Å². The van der Waals surface area contributed by atoms with Gasteiger partial charge in [-0.15, -0.1) is 0 Å². The Kier molecular flexibility index (Phi) is 4.08. The lowest BCUT2D eigenvalue weighted by molar-refractivity contribution is -0.138. The van der Waals surface area contributed by atoms with E-state index in [4.69, 9.17) is 5.73 Å². The number of rotatable bonds is 2. The van der Waals surface area contributed by atoms with E-state index in [0.717, 1.165) is 32.2 Å². The molecule has 2 rings (SSSR count). The van der Waals surface area contributed by atoms with E-state index in [2.05, 4.69) is 18.7 Å². The van der Waals surface area contributed by atoms with Crippen molar-refractivity contribution in [3.8, 4) is 0 Å². The molecule has 3 atom stereocenters. The van der Waals surface area contributed by atoms with E-state index in [-0.39, 0.29) is 12.0 Å². The Labute approximate surface area is 105 Å². The fourth-order valence-corrected chi connectivity index (χ4v) is 3.45. The van der Waals surface area contributed by atoms with Gasteiger partial charge in [-0.3, -0.25) is 4.79 Å². The van der Waals surface area contributed by atoms with Crippen LogP contribution in [0.25, 0.3) is 0 Å². The van der Waals surface area contributed by atoms with Crippen LogP contribution in [-0.4, -0.2) is 29.4 Å². The molecule has 1 saturated heterocycles. The highest BCUT2D eigenvalue weighted by atomic mass is 16.2. The molecule has 2 fully saturated rings. The third kappa shape index (κ3) is 2.82. The van der Waals surface area contributed by atoms with Gasteiger partial charge in [0, 0.05) is 24.5 Å². The first-order chi connectivity index (χ1) is 8.09. The molecule has 1 amide bonds. The van der Waals surface area contributed by atoms with E-state index < -0.39 is 0 Å². The first kappa shape index (κ1) is 12.9. The molecular formula is C14H26N2O. The molecule has 2 aliphatic rings. The topological polar surface area (TPSA) is 46.3 Å². The second-order valence-corrected chi connectivity index (χ2v) is 6.11. The summed E-state index contributed by atoms with van der Waals surface area (Å²) in [4.78, 5) is 14.7. The third-order valence-corrected chi connectivity index (χ3v) is 4.42. The fraction of sp³-hybridized carbons (Fsp3) is 0.929. The molecule has 98 valence electrons. The Bertz CT molecular complexity index is 277. The molecule has 0 aromatic rings. The molecule has 0 spiro atoms. The lowest BCUT2D eigenvalue weighted by Gasteiger charge is -2.34. The van der Waals surface area contributed by atoms with E-state index in [0.29, 0.717) is 17.9 Å². The lowest BCUT2D eigenvalue weighted by atomic mass is 9.85. The van der Waals surface area contributed by atoms with Crippen LogP contribution in [0.1, 0.15) is 52.4 Å². The van der Waals surface area contributed by atoms with Crippen molar-refractivity contribution in [3.05, 3.63) is 0 Å². The number of nitrogens with two attached hydrogens (primary N) is 1. The minimum absolute atomic E-state index is 0.207. The van der Waals surface area contributed by atoms with Crippen molar-refractivity contribution in [2.45, 2.75) is 64.5 Å². The summed E-state index contributed by atoms with van der Waals surface area (Å²) in [5.74, 6) is 1.17. The smallest absolute Gasteiger partial charge is 0.225 e. The van der Waals surface area contributed by atoms with Gasteiger partial charge in [-0.05, 0) is 38.0 Å². The Morgan fingerprint density at radius 2 is 2.00 bits per heavy atom. The van der Waals surface area contributed by atoms with Crippen molar-refractivity contribution < 1.29 is 4.79 Å². The number of amides is 1. The Morgan fingerprint density at radius 3 is 2.65 bits per heavy atom. The van der Waals surface area contributed by atoms with Crippen LogP contribution < -0.4 is 5.73 Å². The number of likely N-dealkylation sites (tertiary alicyclic amines) is 1. The Morgan fingerprint density at radius 1 is 1.24 bits per heavy atom. The molecule has 2 N–H and O–H groups in total. The third-order valence-electron chi connectivity index (χ3n) is 4.42. The summed E-state index contributed by atoms with van der Waals surface area (Å²) in [6, 6.07) is 0.721. The number of nitrogens with zero attached hydrogens (tertiary/aromatic N) is 1. The monoisotopic (exact) mass is 238 g/mol. The number of hydrogen-bond donors (Lipinski definition) is 1. The molecule has 0 aromatic carbocycles. The van der Waals surface area contributed by atoms with Crippen LogP contribution in [0, 0.1) is 11.8 Å². The normalized spacial score (nSPS) is 34.4. The van der Waals surface area contributed by atoms with Crippen LogP contribution in [0.3, 0.4) is 0 Å². The first-order valence-corrected chi connectivity index (χ1v) is 7.15.